The van der Waals surface area contributed by atoms with Gasteiger partial charge < -0.3 is 10.3 Å². The fourth-order valence-corrected chi connectivity index (χ4v) is 3.21. The quantitative estimate of drug-likeness (QED) is 0.897. The maximum Gasteiger partial charge on any atom is 0.248 e. The van der Waals surface area contributed by atoms with E-state index in [2.05, 4.69) is 26.3 Å². The highest BCUT2D eigenvalue weighted by Gasteiger charge is 2.24. The number of hydrogen-bond donors (Lipinski definition) is 1. The molecule has 1 atom stereocenters. The van der Waals surface area contributed by atoms with E-state index in [9.17, 15) is 4.79 Å². The number of carbonyl (C=O) groups is 1. The van der Waals surface area contributed by atoms with Gasteiger partial charge in [-0.15, -0.1) is 0 Å². The number of imidazole rings is 1. The molecule has 1 aromatic carbocycles. The Hall–Kier alpha value is -2.18. The predicted octanol–water partition coefficient (Wildman–Crippen LogP) is 1.23. The number of aromatic nitrogens is 2. The van der Waals surface area contributed by atoms with Crippen molar-refractivity contribution in [3.8, 4) is 0 Å². The summed E-state index contributed by atoms with van der Waals surface area (Å²) in [5.74, 6) is 0.732. The van der Waals surface area contributed by atoms with E-state index in [4.69, 9.17) is 5.73 Å². The third kappa shape index (κ3) is 3.83. The second kappa shape index (κ2) is 7.15. The molecule has 1 aliphatic heterocycles. The number of nitrogens with zero attached hydrogens (tertiary/aromatic N) is 4. The second-order valence-electron chi connectivity index (χ2n) is 6.57. The van der Waals surface area contributed by atoms with Gasteiger partial charge in [0.15, 0.2) is 0 Å². The van der Waals surface area contributed by atoms with Gasteiger partial charge in [-0.05, 0) is 24.6 Å². The molecule has 0 spiro atoms. The molecule has 2 heterocycles. The molecule has 6 heteroatoms. The van der Waals surface area contributed by atoms with Gasteiger partial charge >= 0.3 is 0 Å². The minimum atomic E-state index is -0.377. The number of benzene rings is 1. The minimum Gasteiger partial charge on any atom is -0.366 e. The van der Waals surface area contributed by atoms with Crippen LogP contribution in [0.3, 0.4) is 0 Å². The van der Waals surface area contributed by atoms with Crippen molar-refractivity contribution in [2.45, 2.75) is 26.1 Å². The van der Waals surface area contributed by atoms with E-state index in [1.165, 1.54) is 5.56 Å². The lowest BCUT2D eigenvalue weighted by Gasteiger charge is -2.39. The first-order valence-electron chi connectivity index (χ1n) is 8.34. The Morgan fingerprint density at radius 1 is 1.25 bits per heavy atom. The normalized spacial score (nSPS) is 19.5. The molecular formula is C18H25N5O. The van der Waals surface area contributed by atoms with Crippen molar-refractivity contribution in [3.63, 3.8) is 0 Å². The Kier molecular flexibility index (Phi) is 4.97. The number of aryl methyl sites for hydroxylation is 1. The molecule has 6 nitrogen and oxygen atoms in total. The van der Waals surface area contributed by atoms with Crippen LogP contribution in [0.25, 0.3) is 0 Å². The summed E-state index contributed by atoms with van der Waals surface area (Å²) in [4.78, 5) is 20.5. The molecule has 1 saturated heterocycles. The Morgan fingerprint density at radius 2 is 2.00 bits per heavy atom. The Labute approximate surface area is 142 Å². The van der Waals surface area contributed by atoms with Crippen molar-refractivity contribution >= 4 is 5.91 Å². The van der Waals surface area contributed by atoms with Crippen LogP contribution >= 0.6 is 0 Å². The molecule has 128 valence electrons. The summed E-state index contributed by atoms with van der Waals surface area (Å²) in [5.41, 5.74) is 7.06. The van der Waals surface area contributed by atoms with Crippen LogP contribution < -0.4 is 5.73 Å². The molecule has 0 radical (unpaired) electrons. The molecule has 0 saturated carbocycles. The summed E-state index contributed by atoms with van der Waals surface area (Å²) in [5, 5.41) is 0. The van der Waals surface area contributed by atoms with Gasteiger partial charge in [-0.3, -0.25) is 14.6 Å². The average Bonchev–Trinajstić information content (AvgIpc) is 2.95. The molecule has 0 aliphatic carbocycles. The number of piperazine rings is 1. The maximum absolute atomic E-state index is 11.1. The van der Waals surface area contributed by atoms with Gasteiger partial charge in [0.05, 0.1) is 6.54 Å². The van der Waals surface area contributed by atoms with Crippen molar-refractivity contribution < 1.29 is 4.79 Å². The second-order valence-corrected chi connectivity index (χ2v) is 6.57. The number of amides is 1. The van der Waals surface area contributed by atoms with Crippen LogP contribution in [0.4, 0.5) is 0 Å². The highest BCUT2D eigenvalue weighted by atomic mass is 16.1. The molecular weight excluding hydrogens is 302 g/mol. The summed E-state index contributed by atoms with van der Waals surface area (Å²) in [6.45, 7) is 7.17. The van der Waals surface area contributed by atoms with E-state index >= 15 is 0 Å². The first-order chi connectivity index (χ1) is 11.5. The Morgan fingerprint density at radius 3 is 2.58 bits per heavy atom. The molecule has 1 aromatic heterocycles. The largest absolute Gasteiger partial charge is 0.366 e. The maximum atomic E-state index is 11.1. The van der Waals surface area contributed by atoms with Crippen molar-refractivity contribution in [3.05, 3.63) is 53.6 Å². The fourth-order valence-electron chi connectivity index (χ4n) is 3.21. The topological polar surface area (TPSA) is 67.4 Å². The predicted molar refractivity (Wildman–Crippen MR) is 93.3 cm³/mol. The number of nitrogens with two attached hydrogens (primary N) is 1. The number of hydrogen-bond acceptors (Lipinski definition) is 4. The van der Waals surface area contributed by atoms with Gasteiger partial charge in [0, 0.05) is 57.2 Å². The van der Waals surface area contributed by atoms with Crippen molar-refractivity contribution in [2.24, 2.45) is 12.8 Å². The monoisotopic (exact) mass is 327 g/mol. The molecule has 3 rings (SSSR count). The van der Waals surface area contributed by atoms with Gasteiger partial charge in [0.1, 0.15) is 5.82 Å². The molecule has 2 N–H and O–H groups in total. The van der Waals surface area contributed by atoms with Crippen molar-refractivity contribution in [1.82, 2.24) is 19.4 Å². The highest BCUT2D eigenvalue weighted by molar-refractivity contribution is 5.92. The molecule has 24 heavy (non-hydrogen) atoms. The lowest BCUT2D eigenvalue weighted by Crippen LogP contribution is -2.51. The first kappa shape index (κ1) is 16.7. The molecule has 2 aromatic rings. The zero-order valence-corrected chi connectivity index (χ0v) is 14.4. The lowest BCUT2D eigenvalue weighted by molar-refractivity contribution is 0.0707. The smallest absolute Gasteiger partial charge is 0.248 e. The van der Waals surface area contributed by atoms with Crippen LogP contribution in [-0.4, -0.2) is 50.9 Å². The molecule has 1 fully saturated rings. The zero-order valence-electron chi connectivity index (χ0n) is 14.4. The van der Waals surface area contributed by atoms with Gasteiger partial charge in [-0.1, -0.05) is 12.1 Å². The van der Waals surface area contributed by atoms with Crippen molar-refractivity contribution in [2.75, 3.05) is 19.6 Å². The van der Waals surface area contributed by atoms with E-state index in [-0.39, 0.29) is 5.91 Å². The highest BCUT2D eigenvalue weighted by Crippen LogP contribution is 2.15. The average molecular weight is 327 g/mol. The van der Waals surface area contributed by atoms with Gasteiger partial charge in [0.2, 0.25) is 5.91 Å². The van der Waals surface area contributed by atoms with Crippen LogP contribution in [0.5, 0.6) is 0 Å². The van der Waals surface area contributed by atoms with Gasteiger partial charge in [-0.25, -0.2) is 4.98 Å². The number of rotatable bonds is 5. The van der Waals surface area contributed by atoms with E-state index in [0.717, 1.165) is 38.5 Å². The summed E-state index contributed by atoms with van der Waals surface area (Å²) in [6.07, 6.45) is 3.85. The van der Waals surface area contributed by atoms with E-state index in [1.54, 1.807) is 12.1 Å². The van der Waals surface area contributed by atoms with Gasteiger partial charge in [-0.2, -0.15) is 0 Å². The van der Waals surface area contributed by atoms with Crippen LogP contribution in [0, 0.1) is 0 Å². The van der Waals surface area contributed by atoms with Crippen molar-refractivity contribution in [1.29, 1.82) is 0 Å². The van der Waals surface area contributed by atoms with Crippen LogP contribution in [-0.2, 0) is 20.1 Å². The number of carbonyl (C=O) groups excluding carboxylic acids is 1. The first-order valence-corrected chi connectivity index (χ1v) is 8.34. The van der Waals surface area contributed by atoms with Crippen LogP contribution in [0.15, 0.2) is 36.7 Å². The van der Waals surface area contributed by atoms with E-state index in [1.807, 2.05) is 31.6 Å². The minimum absolute atomic E-state index is 0.377. The van der Waals surface area contributed by atoms with Gasteiger partial charge in [0.25, 0.3) is 0 Å². The lowest BCUT2D eigenvalue weighted by atomic mass is 10.1. The van der Waals surface area contributed by atoms with E-state index in [0.29, 0.717) is 11.6 Å². The summed E-state index contributed by atoms with van der Waals surface area (Å²) < 4.78 is 2.08. The summed E-state index contributed by atoms with van der Waals surface area (Å²) in [7, 11) is 2.04. The standard InChI is InChI=1S/C18H25N5O/c1-14-11-22(12-15-3-5-16(6-4-15)18(19)24)9-10-23(14)13-17-20-7-8-21(17)2/h3-8,14H,9-13H2,1-2H3,(H2,19,24)/t14-/m0/s1. The number of primary amides is 1. The third-order valence-electron chi connectivity index (χ3n) is 4.76. The zero-order chi connectivity index (χ0) is 17.1. The molecule has 0 unspecified atom stereocenters. The SMILES string of the molecule is C[C@H]1CN(Cc2ccc(C(N)=O)cc2)CCN1Cc1nccn1C. The molecule has 1 aliphatic rings. The van der Waals surface area contributed by atoms with E-state index < -0.39 is 0 Å². The summed E-state index contributed by atoms with van der Waals surface area (Å²) >= 11 is 0. The molecule has 0 bridgehead atoms. The summed E-state index contributed by atoms with van der Waals surface area (Å²) in [6, 6.07) is 8.08. The van der Waals surface area contributed by atoms with Crippen LogP contribution in [0.2, 0.25) is 0 Å². The Balaban J connectivity index is 1.55. The van der Waals surface area contributed by atoms with Crippen LogP contribution in [0.1, 0.15) is 28.7 Å². The fraction of sp³-hybridized carbons (Fsp3) is 0.444. The molecule has 1 amide bonds. The third-order valence-corrected chi connectivity index (χ3v) is 4.76. The Bertz CT molecular complexity index is 694.